The number of anilines is 1. The van der Waals surface area contributed by atoms with Crippen LogP contribution in [0.5, 0.6) is 0 Å². The largest absolute Gasteiger partial charge is 0.322 e. The fourth-order valence-electron chi connectivity index (χ4n) is 2.41. The minimum Gasteiger partial charge on any atom is -0.322 e. The minimum absolute atomic E-state index is 0.180. The van der Waals surface area contributed by atoms with Crippen LogP contribution in [0.4, 0.5) is 10.1 Å². The lowest BCUT2D eigenvalue weighted by Crippen LogP contribution is -2.39. The third-order valence-corrected chi connectivity index (χ3v) is 3.55. The summed E-state index contributed by atoms with van der Waals surface area (Å²) in [6.45, 7) is 4.35. The van der Waals surface area contributed by atoms with E-state index in [1.807, 2.05) is 0 Å². The lowest BCUT2D eigenvalue weighted by molar-refractivity contribution is -0.117. The molecule has 0 spiro atoms. The second kappa shape index (κ2) is 6.35. The highest BCUT2D eigenvalue weighted by Gasteiger charge is 2.18. The van der Waals surface area contributed by atoms with Crippen LogP contribution in [0.3, 0.4) is 0 Å². The van der Waals surface area contributed by atoms with Crippen molar-refractivity contribution < 1.29 is 9.18 Å². The first-order valence-electron chi connectivity index (χ1n) is 6.52. The summed E-state index contributed by atoms with van der Waals surface area (Å²) in [4.78, 5) is 14.0. The van der Waals surface area contributed by atoms with Crippen molar-refractivity contribution in [1.29, 1.82) is 0 Å². The Hall–Kier alpha value is -1.13. The first-order chi connectivity index (χ1) is 9.04. The number of carbonyl (C=O) groups excluding carboxylic acids is 1. The Kier molecular flexibility index (Phi) is 4.77. The van der Waals surface area contributed by atoms with Gasteiger partial charge in [0.1, 0.15) is 5.82 Å². The lowest BCUT2D eigenvalue weighted by atomic mass is 10.0. The van der Waals surface area contributed by atoms with Crippen molar-refractivity contribution in [2.24, 2.45) is 5.92 Å². The van der Waals surface area contributed by atoms with Gasteiger partial charge in [-0.15, -0.1) is 0 Å². The summed E-state index contributed by atoms with van der Waals surface area (Å²) in [5.74, 6) is -0.0722. The second-order valence-electron chi connectivity index (χ2n) is 5.15. The molecular formula is C14H18ClFN2O. The Bertz CT molecular complexity index is 467. The van der Waals surface area contributed by atoms with Crippen molar-refractivity contribution in [3.63, 3.8) is 0 Å². The number of piperidine rings is 1. The zero-order valence-corrected chi connectivity index (χ0v) is 11.7. The van der Waals surface area contributed by atoms with Gasteiger partial charge in [0.15, 0.2) is 0 Å². The van der Waals surface area contributed by atoms with Crippen LogP contribution in [0.15, 0.2) is 18.2 Å². The highest BCUT2D eigenvalue weighted by atomic mass is 35.5. The summed E-state index contributed by atoms with van der Waals surface area (Å²) in [7, 11) is 0. The maximum atomic E-state index is 13.5. The molecule has 0 aromatic heterocycles. The van der Waals surface area contributed by atoms with E-state index in [0.29, 0.717) is 17.5 Å². The standard InChI is InChI=1S/C14H18ClFN2O/c1-10-3-2-6-18(8-10)9-14(19)17-13-5-4-11(15)7-12(13)16/h4-5,7,10H,2-3,6,8-9H2,1H3,(H,17,19)/t10-/m1/s1. The van der Waals surface area contributed by atoms with Gasteiger partial charge < -0.3 is 5.32 Å². The van der Waals surface area contributed by atoms with Crippen LogP contribution in [0, 0.1) is 11.7 Å². The normalized spacial score (nSPS) is 20.3. The number of hydrogen-bond donors (Lipinski definition) is 1. The molecule has 19 heavy (non-hydrogen) atoms. The van der Waals surface area contributed by atoms with E-state index in [9.17, 15) is 9.18 Å². The predicted octanol–water partition coefficient (Wildman–Crippen LogP) is 3.15. The molecule has 1 saturated heterocycles. The second-order valence-corrected chi connectivity index (χ2v) is 5.59. The molecule has 0 saturated carbocycles. The Balaban J connectivity index is 1.90. The topological polar surface area (TPSA) is 32.3 Å². The molecule has 5 heteroatoms. The summed E-state index contributed by atoms with van der Waals surface area (Å²) in [5, 5.41) is 2.91. The first kappa shape index (κ1) is 14.3. The zero-order chi connectivity index (χ0) is 13.8. The third-order valence-electron chi connectivity index (χ3n) is 3.31. The van der Waals surface area contributed by atoms with Gasteiger partial charge in [0.25, 0.3) is 0 Å². The molecule has 1 heterocycles. The number of nitrogens with one attached hydrogen (secondary N) is 1. The van der Waals surface area contributed by atoms with E-state index >= 15 is 0 Å². The van der Waals surface area contributed by atoms with Crippen LogP contribution in [-0.4, -0.2) is 30.4 Å². The highest BCUT2D eigenvalue weighted by molar-refractivity contribution is 6.30. The van der Waals surface area contributed by atoms with Gasteiger partial charge in [0.2, 0.25) is 5.91 Å². The van der Waals surface area contributed by atoms with E-state index in [-0.39, 0.29) is 11.6 Å². The van der Waals surface area contributed by atoms with Gasteiger partial charge >= 0.3 is 0 Å². The van der Waals surface area contributed by atoms with Crippen molar-refractivity contribution in [1.82, 2.24) is 4.90 Å². The number of amides is 1. The van der Waals surface area contributed by atoms with E-state index in [0.717, 1.165) is 19.5 Å². The van der Waals surface area contributed by atoms with Crippen molar-refractivity contribution >= 4 is 23.2 Å². The Morgan fingerprint density at radius 2 is 2.37 bits per heavy atom. The number of likely N-dealkylation sites (tertiary alicyclic amines) is 1. The first-order valence-corrected chi connectivity index (χ1v) is 6.89. The van der Waals surface area contributed by atoms with Crippen LogP contribution in [-0.2, 0) is 4.79 Å². The van der Waals surface area contributed by atoms with Gasteiger partial charge in [-0.25, -0.2) is 4.39 Å². The quantitative estimate of drug-likeness (QED) is 0.925. The number of rotatable bonds is 3. The SMILES string of the molecule is C[C@@H]1CCCN(CC(=O)Nc2ccc(Cl)cc2F)C1. The molecular weight excluding hydrogens is 267 g/mol. The number of benzene rings is 1. The number of nitrogens with zero attached hydrogens (tertiary/aromatic N) is 1. The van der Waals surface area contributed by atoms with Crippen LogP contribution >= 0.6 is 11.6 Å². The van der Waals surface area contributed by atoms with Gasteiger partial charge in [-0.05, 0) is 43.5 Å². The van der Waals surface area contributed by atoms with Crippen molar-refractivity contribution in [3.05, 3.63) is 29.0 Å². The minimum atomic E-state index is -0.507. The molecule has 0 bridgehead atoms. The molecule has 1 N–H and O–H groups in total. The van der Waals surface area contributed by atoms with Gasteiger partial charge in [-0.1, -0.05) is 18.5 Å². The number of hydrogen-bond acceptors (Lipinski definition) is 2. The zero-order valence-electron chi connectivity index (χ0n) is 11.0. The maximum Gasteiger partial charge on any atom is 0.238 e. The van der Waals surface area contributed by atoms with Crippen LogP contribution in [0.2, 0.25) is 5.02 Å². The summed E-state index contributed by atoms with van der Waals surface area (Å²) in [6.07, 6.45) is 2.33. The number of carbonyl (C=O) groups is 1. The molecule has 0 radical (unpaired) electrons. The van der Waals surface area contributed by atoms with Gasteiger partial charge in [-0.3, -0.25) is 9.69 Å². The maximum absolute atomic E-state index is 13.5. The average molecular weight is 285 g/mol. The van der Waals surface area contributed by atoms with Gasteiger partial charge in [-0.2, -0.15) is 0 Å². The van der Waals surface area contributed by atoms with Crippen molar-refractivity contribution in [3.8, 4) is 0 Å². The summed E-state index contributed by atoms with van der Waals surface area (Å²) in [6, 6.07) is 4.23. The molecule has 1 aromatic carbocycles. The van der Waals surface area contributed by atoms with E-state index in [2.05, 4.69) is 17.1 Å². The molecule has 1 aliphatic rings. The molecule has 1 atom stereocenters. The van der Waals surface area contributed by atoms with Crippen molar-refractivity contribution in [2.75, 3.05) is 25.0 Å². The van der Waals surface area contributed by atoms with E-state index in [4.69, 9.17) is 11.6 Å². The smallest absolute Gasteiger partial charge is 0.238 e. The summed E-state index contributed by atoms with van der Waals surface area (Å²) < 4.78 is 13.5. The van der Waals surface area contributed by atoms with Crippen molar-refractivity contribution in [2.45, 2.75) is 19.8 Å². The molecule has 1 aromatic rings. The molecule has 1 aliphatic heterocycles. The van der Waals surface area contributed by atoms with Crippen LogP contribution in [0.1, 0.15) is 19.8 Å². The third kappa shape index (κ3) is 4.18. The highest BCUT2D eigenvalue weighted by Crippen LogP contribution is 2.19. The molecule has 0 unspecified atom stereocenters. The van der Waals surface area contributed by atoms with Gasteiger partial charge in [0, 0.05) is 11.6 Å². The Labute approximate surface area is 117 Å². The molecule has 104 valence electrons. The summed E-state index contributed by atoms with van der Waals surface area (Å²) in [5.41, 5.74) is 0.180. The molecule has 1 fully saturated rings. The molecule has 2 rings (SSSR count). The monoisotopic (exact) mass is 284 g/mol. The predicted molar refractivity (Wildman–Crippen MR) is 74.9 cm³/mol. The van der Waals surface area contributed by atoms with Gasteiger partial charge in [0.05, 0.1) is 12.2 Å². The van der Waals surface area contributed by atoms with Crippen LogP contribution in [0.25, 0.3) is 0 Å². The fraction of sp³-hybridized carbons (Fsp3) is 0.500. The summed E-state index contributed by atoms with van der Waals surface area (Å²) >= 11 is 5.66. The fourth-order valence-corrected chi connectivity index (χ4v) is 2.57. The van der Waals surface area contributed by atoms with Crippen LogP contribution < -0.4 is 5.32 Å². The van der Waals surface area contributed by atoms with E-state index in [1.54, 1.807) is 6.07 Å². The molecule has 1 amide bonds. The Morgan fingerprint density at radius 1 is 1.58 bits per heavy atom. The van der Waals surface area contributed by atoms with E-state index < -0.39 is 5.82 Å². The average Bonchev–Trinajstić information content (AvgIpc) is 2.33. The lowest BCUT2D eigenvalue weighted by Gasteiger charge is -2.30. The Morgan fingerprint density at radius 3 is 3.05 bits per heavy atom. The number of halogens is 2. The molecule has 0 aliphatic carbocycles. The molecule has 3 nitrogen and oxygen atoms in total. The van der Waals surface area contributed by atoms with E-state index in [1.165, 1.54) is 18.6 Å².